The number of anilines is 2. The Bertz CT molecular complexity index is 779. The van der Waals surface area contributed by atoms with E-state index in [-0.39, 0.29) is 17.7 Å². The predicted octanol–water partition coefficient (Wildman–Crippen LogP) is -0.353. The second-order valence-electron chi connectivity index (χ2n) is 6.76. The average molecular weight is 359 g/mol. The third kappa shape index (κ3) is 4.55. The van der Waals surface area contributed by atoms with E-state index in [4.69, 9.17) is 0 Å². The molecule has 9 nitrogen and oxygen atoms in total. The molecule has 26 heavy (non-hydrogen) atoms. The largest absolute Gasteiger partial charge is 0.391 e. The van der Waals surface area contributed by atoms with Crippen LogP contribution in [0.2, 0.25) is 0 Å². The minimum absolute atomic E-state index is 0.0808. The molecule has 0 unspecified atom stereocenters. The lowest BCUT2D eigenvalue weighted by molar-refractivity contribution is 0.191. The number of β-amino-alcohol motifs (C(OH)–C–C–N with tert-alkyl or cyclic N) is 1. The predicted molar refractivity (Wildman–Crippen MR) is 99.3 cm³/mol. The summed E-state index contributed by atoms with van der Waals surface area (Å²) in [6.45, 7) is 2.47. The highest BCUT2D eigenvalue weighted by Crippen LogP contribution is 2.25. The van der Waals surface area contributed by atoms with E-state index < -0.39 is 0 Å². The molecule has 1 aliphatic rings. The van der Waals surface area contributed by atoms with Crippen molar-refractivity contribution in [2.45, 2.75) is 25.1 Å². The van der Waals surface area contributed by atoms with Gasteiger partial charge in [0.15, 0.2) is 0 Å². The summed E-state index contributed by atoms with van der Waals surface area (Å²) in [4.78, 5) is 28.5. The maximum Gasteiger partial charge on any atom is 0.253 e. The normalized spacial score (nSPS) is 19.9. The van der Waals surface area contributed by atoms with Gasteiger partial charge in [0.2, 0.25) is 0 Å². The first-order chi connectivity index (χ1) is 12.5. The molecule has 140 valence electrons. The van der Waals surface area contributed by atoms with Gasteiger partial charge in [0, 0.05) is 50.6 Å². The minimum atomic E-state index is -0.344. The van der Waals surface area contributed by atoms with Crippen LogP contribution >= 0.6 is 0 Å². The molecule has 0 bridgehead atoms. The van der Waals surface area contributed by atoms with Crippen LogP contribution in [0.1, 0.15) is 6.42 Å². The molecule has 0 radical (unpaired) electrons. The summed E-state index contributed by atoms with van der Waals surface area (Å²) in [6.07, 6.45) is 4.91. The third-order valence-electron chi connectivity index (χ3n) is 4.37. The zero-order valence-corrected chi connectivity index (χ0v) is 15.1. The van der Waals surface area contributed by atoms with Gasteiger partial charge in [0.05, 0.1) is 12.4 Å². The smallest absolute Gasteiger partial charge is 0.253 e. The van der Waals surface area contributed by atoms with Crippen molar-refractivity contribution >= 4 is 11.6 Å². The van der Waals surface area contributed by atoms with E-state index in [0.29, 0.717) is 25.5 Å². The first-order valence-electron chi connectivity index (χ1n) is 8.68. The Balaban J connectivity index is 1.64. The number of nitrogens with zero attached hydrogens (tertiary/aromatic N) is 6. The van der Waals surface area contributed by atoms with E-state index in [1.807, 2.05) is 20.2 Å². The van der Waals surface area contributed by atoms with Crippen molar-refractivity contribution in [1.82, 2.24) is 24.4 Å². The van der Waals surface area contributed by atoms with E-state index in [1.165, 1.54) is 24.9 Å². The Labute approximate surface area is 152 Å². The minimum Gasteiger partial charge on any atom is -0.391 e. The van der Waals surface area contributed by atoms with Crippen LogP contribution in [-0.2, 0) is 6.54 Å². The Morgan fingerprint density at radius 3 is 3.00 bits per heavy atom. The molecule has 0 amide bonds. The first-order valence-corrected chi connectivity index (χ1v) is 8.68. The molecule has 2 aromatic heterocycles. The maximum absolute atomic E-state index is 11.7. The second-order valence-corrected chi connectivity index (χ2v) is 6.76. The van der Waals surface area contributed by atoms with Gasteiger partial charge in [-0.1, -0.05) is 0 Å². The summed E-state index contributed by atoms with van der Waals surface area (Å²) in [6, 6.07) is 3.54. The van der Waals surface area contributed by atoms with Gasteiger partial charge in [-0.3, -0.25) is 9.36 Å². The summed E-state index contributed by atoms with van der Waals surface area (Å²) < 4.78 is 1.54. The summed E-state index contributed by atoms with van der Waals surface area (Å²) >= 11 is 0. The fraction of sp³-hybridized carbons (Fsp3) is 0.529. The topological polar surface area (TPSA) is 99.4 Å². The number of hydrogen-bond donors (Lipinski definition) is 2. The van der Waals surface area contributed by atoms with Gasteiger partial charge in [0.25, 0.3) is 5.56 Å². The van der Waals surface area contributed by atoms with Gasteiger partial charge in [-0.05, 0) is 20.5 Å². The quantitative estimate of drug-likeness (QED) is 0.692. The summed E-state index contributed by atoms with van der Waals surface area (Å²) in [5.74, 6) is 1.49. The maximum atomic E-state index is 11.7. The van der Waals surface area contributed by atoms with E-state index in [9.17, 15) is 9.90 Å². The lowest BCUT2D eigenvalue weighted by atomic mass is 10.2. The van der Waals surface area contributed by atoms with Gasteiger partial charge in [-0.15, -0.1) is 0 Å². The molecular formula is C17H25N7O2. The van der Waals surface area contributed by atoms with Crippen molar-refractivity contribution in [2.24, 2.45) is 0 Å². The van der Waals surface area contributed by atoms with Crippen molar-refractivity contribution in [3.05, 3.63) is 41.3 Å². The zero-order valence-electron chi connectivity index (χ0n) is 15.1. The zero-order chi connectivity index (χ0) is 18.5. The number of aliphatic hydroxyl groups is 1. The second kappa shape index (κ2) is 8.24. The molecule has 1 fully saturated rings. The highest BCUT2D eigenvalue weighted by atomic mass is 16.3. The molecule has 0 aromatic carbocycles. The average Bonchev–Trinajstić information content (AvgIpc) is 2.96. The molecule has 0 spiro atoms. The van der Waals surface area contributed by atoms with Crippen LogP contribution in [0.5, 0.6) is 0 Å². The molecule has 0 saturated carbocycles. The molecule has 0 aliphatic carbocycles. The lowest BCUT2D eigenvalue weighted by Gasteiger charge is -2.27. The van der Waals surface area contributed by atoms with Gasteiger partial charge in [-0.2, -0.15) is 0 Å². The van der Waals surface area contributed by atoms with Gasteiger partial charge in [-0.25, -0.2) is 15.0 Å². The number of rotatable bonds is 7. The summed E-state index contributed by atoms with van der Waals surface area (Å²) in [5, 5.41) is 13.3. The number of aromatic nitrogens is 4. The molecule has 3 heterocycles. The fourth-order valence-corrected chi connectivity index (χ4v) is 3.22. The molecule has 2 N–H and O–H groups in total. The number of nitrogens with one attached hydrogen (secondary N) is 1. The number of aliphatic hydroxyl groups excluding tert-OH is 1. The Morgan fingerprint density at radius 2 is 2.23 bits per heavy atom. The van der Waals surface area contributed by atoms with Crippen molar-refractivity contribution < 1.29 is 5.11 Å². The molecule has 1 aliphatic heterocycles. The van der Waals surface area contributed by atoms with Crippen molar-refractivity contribution in [3.63, 3.8) is 0 Å². The first kappa shape index (κ1) is 18.3. The van der Waals surface area contributed by atoms with Crippen LogP contribution < -0.4 is 15.8 Å². The van der Waals surface area contributed by atoms with Gasteiger partial charge in [0.1, 0.15) is 18.0 Å². The molecular weight excluding hydrogens is 334 g/mol. The Hall–Kier alpha value is -2.52. The third-order valence-corrected chi connectivity index (χ3v) is 4.37. The van der Waals surface area contributed by atoms with Crippen LogP contribution in [0, 0.1) is 0 Å². The van der Waals surface area contributed by atoms with Crippen molar-refractivity contribution in [1.29, 1.82) is 0 Å². The fourth-order valence-electron chi connectivity index (χ4n) is 3.22. The van der Waals surface area contributed by atoms with Gasteiger partial charge >= 0.3 is 0 Å². The lowest BCUT2D eigenvalue weighted by Crippen LogP contribution is -2.38. The van der Waals surface area contributed by atoms with Crippen LogP contribution in [0.3, 0.4) is 0 Å². The molecule has 2 atom stereocenters. The van der Waals surface area contributed by atoms with Crippen LogP contribution in [0.4, 0.5) is 11.6 Å². The highest BCUT2D eigenvalue weighted by Gasteiger charge is 2.32. The Kier molecular flexibility index (Phi) is 5.79. The standard InChI is InChI=1S/C17H25N7O2/c1-22(2)9-13-7-14(25)10-24(13)16-8-15(20-11-21-16)19-5-6-23-12-18-4-3-17(23)26/h3-4,8,11-14,25H,5-7,9-10H2,1-2H3,(H,19,20,21)/t13-,14-/m1/s1. The summed E-state index contributed by atoms with van der Waals surface area (Å²) in [5.41, 5.74) is -0.0808. The van der Waals surface area contributed by atoms with E-state index in [2.05, 4.69) is 30.1 Å². The van der Waals surface area contributed by atoms with Crippen LogP contribution in [-0.4, -0.2) is 75.4 Å². The molecule has 3 rings (SSSR count). The summed E-state index contributed by atoms with van der Waals surface area (Å²) in [7, 11) is 4.05. The van der Waals surface area contributed by atoms with Crippen LogP contribution in [0.15, 0.2) is 35.8 Å². The number of likely N-dealkylation sites (N-methyl/N-ethyl adjacent to an activating group) is 1. The molecule has 2 aromatic rings. The SMILES string of the molecule is CN(C)C[C@H]1C[C@@H](O)CN1c1cc(NCCn2cnccc2=O)ncn1. The van der Waals surface area contributed by atoms with Gasteiger partial charge < -0.3 is 20.2 Å². The van der Waals surface area contributed by atoms with E-state index in [0.717, 1.165) is 18.8 Å². The molecule has 1 saturated heterocycles. The molecule has 9 heteroatoms. The van der Waals surface area contributed by atoms with Crippen molar-refractivity contribution in [2.75, 3.05) is 43.9 Å². The highest BCUT2D eigenvalue weighted by molar-refractivity contribution is 5.50. The van der Waals surface area contributed by atoms with Crippen molar-refractivity contribution in [3.8, 4) is 0 Å². The monoisotopic (exact) mass is 359 g/mol. The van der Waals surface area contributed by atoms with E-state index in [1.54, 1.807) is 4.57 Å². The number of hydrogen-bond acceptors (Lipinski definition) is 8. The van der Waals surface area contributed by atoms with Crippen LogP contribution in [0.25, 0.3) is 0 Å². The Morgan fingerprint density at radius 1 is 1.38 bits per heavy atom. The van der Waals surface area contributed by atoms with E-state index >= 15 is 0 Å².